The summed E-state index contributed by atoms with van der Waals surface area (Å²) in [6, 6.07) is 7.31. The van der Waals surface area contributed by atoms with E-state index in [-0.39, 0.29) is 0 Å². The van der Waals surface area contributed by atoms with Gasteiger partial charge in [-0.2, -0.15) is 4.68 Å². The predicted molar refractivity (Wildman–Crippen MR) is 56.9 cm³/mol. The van der Waals surface area contributed by atoms with Crippen LogP contribution in [0.3, 0.4) is 0 Å². The zero-order valence-electron chi connectivity index (χ0n) is 7.97. The summed E-state index contributed by atoms with van der Waals surface area (Å²) < 4.78 is 1.66. The first-order chi connectivity index (χ1) is 7.31. The van der Waals surface area contributed by atoms with Crippen molar-refractivity contribution in [3.63, 3.8) is 0 Å². The topological polar surface area (TPSA) is 69.6 Å². The van der Waals surface area contributed by atoms with E-state index in [2.05, 4.69) is 15.5 Å². The highest BCUT2D eigenvalue weighted by Crippen LogP contribution is 2.13. The van der Waals surface area contributed by atoms with Crippen LogP contribution in [0.25, 0.3) is 5.69 Å². The van der Waals surface area contributed by atoms with Crippen LogP contribution in [0.5, 0.6) is 0 Å². The average molecular weight is 224 g/mol. The lowest BCUT2D eigenvalue weighted by atomic mass is 10.3. The zero-order chi connectivity index (χ0) is 10.7. The van der Waals surface area contributed by atoms with Crippen molar-refractivity contribution in [2.75, 3.05) is 6.54 Å². The molecule has 0 saturated heterocycles. The van der Waals surface area contributed by atoms with Crippen molar-refractivity contribution in [3.8, 4) is 5.69 Å². The fourth-order valence-corrected chi connectivity index (χ4v) is 1.40. The van der Waals surface area contributed by atoms with Crippen LogP contribution in [0.2, 0.25) is 5.02 Å². The van der Waals surface area contributed by atoms with Gasteiger partial charge in [-0.3, -0.25) is 0 Å². The maximum absolute atomic E-state index is 5.79. The van der Waals surface area contributed by atoms with E-state index < -0.39 is 0 Å². The summed E-state index contributed by atoms with van der Waals surface area (Å²) in [4.78, 5) is 0. The van der Waals surface area contributed by atoms with Gasteiger partial charge in [0, 0.05) is 11.4 Å². The number of hydrogen-bond acceptors (Lipinski definition) is 4. The number of aromatic nitrogens is 4. The molecule has 2 rings (SSSR count). The number of nitrogens with zero attached hydrogens (tertiary/aromatic N) is 4. The fourth-order valence-electron chi connectivity index (χ4n) is 1.27. The first kappa shape index (κ1) is 10.1. The van der Waals surface area contributed by atoms with Crippen LogP contribution < -0.4 is 5.73 Å². The van der Waals surface area contributed by atoms with Crippen molar-refractivity contribution in [1.82, 2.24) is 20.2 Å². The number of halogens is 1. The first-order valence-electron chi connectivity index (χ1n) is 4.54. The van der Waals surface area contributed by atoms with Gasteiger partial charge in [-0.05, 0) is 41.2 Å². The Morgan fingerprint density at radius 2 is 2.00 bits per heavy atom. The molecular weight excluding hydrogens is 214 g/mol. The molecule has 2 N–H and O–H groups in total. The van der Waals surface area contributed by atoms with Gasteiger partial charge in [0.1, 0.15) is 0 Å². The van der Waals surface area contributed by atoms with E-state index in [0.717, 1.165) is 11.5 Å². The second-order valence-corrected chi connectivity index (χ2v) is 3.46. The highest BCUT2D eigenvalue weighted by Gasteiger charge is 2.06. The summed E-state index contributed by atoms with van der Waals surface area (Å²) in [5.74, 6) is 0.750. The third-order valence-corrected chi connectivity index (χ3v) is 2.23. The molecule has 0 bridgehead atoms. The summed E-state index contributed by atoms with van der Waals surface area (Å²) in [6.07, 6.45) is 0.648. The molecule has 0 aliphatic carbocycles. The Morgan fingerprint density at radius 1 is 1.27 bits per heavy atom. The van der Waals surface area contributed by atoms with E-state index in [1.807, 2.05) is 12.1 Å². The number of nitrogens with two attached hydrogens (primary N) is 1. The van der Waals surface area contributed by atoms with Crippen LogP contribution in [0.1, 0.15) is 5.82 Å². The number of benzene rings is 1. The Labute approximate surface area is 91.8 Å². The minimum Gasteiger partial charge on any atom is -0.330 e. The monoisotopic (exact) mass is 223 g/mol. The van der Waals surface area contributed by atoms with Crippen LogP contribution in [-0.4, -0.2) is 26.8 Å². The van der Waals surface area contributed by atoms with Crippen LogP contribution in [-0.2, 0) is 6.42 Å². The lowest BCUT2D eigenvalue weighted by Gasteiger charge is -2.02. The van der Waals surface area contributed by atoms with Crippen molar-refractivity contribution in [1.29, 1.82) is 0 Å². The van der Waals surface area contributed by atoms with E-state index in [0.29, 0.717) is 18.0 Å². The van der Waals surface area contributed by atoms with Gasteiger partial charge in [0.2, 0.25) is 0 Å². The van der Waals surface area contributed by atoms with E-state index >= 15 is 0 Å². The smallest absolute Gasteiger partial charge is 0.157 e. The molecule has 6 heteroatoms. The summed E-state index contributed by atoms with van der Waals surface area (Å²) >= 11 is 5.79. The van der Waals surface area contributed by atoms with Crippen LogP contribution >= 0.6 is 11.6 Å². The Morgan fingerprint density at radius 3 is 2.67 bits per heavy atom. The van der Waals surface area contributed by atoms with Crippen molar-refractivity contribution in [3.05, 3.63) is 35.1 Å². The highest BCUT2D eigenvalue weighted by molar-refractivity contribution is 6.30. The minimum atomic E-state index is 0.522. The van der Waals surface area contributed by atoms with Gasteiger partial charge >= 0.3 is 0 Å². The van der Waals surface area contributed by atoms with Crippen molar-refractivity contribution in [2.24, 2.45) is 5.73 Å². The maximum atomic E-state index is 5.79. The van der Waals surface area contributed by atoms with Gasteiger partial charge in [-0.1, -0.05) is 11.6 Å². The molecule has 78 valence electrons. The Kier molecular flexibility index (Phi) is 2.94. The molecule has 2 aromatic rings. The molecule has 0 aliphatic heterocycles. The SMILES string of the molecule is NCCc1nnnn1-c1ccc(Cl)cc1. The fraction of sp³-hybridized carbons (Fsp3) is 0.222. The Balaban J connectivity index is 2.36. The van der Waals surface area contributed by atoms with Crippen LogP contribution in [0.4, 0.5) is 0 Å². The molecule has 0 amide bonds. The lowest BCUT2D eigenvalue weighted by molar-refractivity contribution is 0.755. The molecule has 0 fully saturated rings. The average Bonchev–Trinajstić information content (AvgIpc) is 2.68. The van der Waals surface area contributed by atoms with Gasteiger partial charge in [-0.25, -0.2) is 0 Å². The molecule has 1 heterocycles. The van der Waals surface area contributed by atoms with Gasteiger partial charge in [-0.15, -0.1) is 5.10 Å². The second-order valence-electron chi connectivity index (χ2n) is 3.02. The van der Waals surface area contributed by atoms with E-state index in [1.165, 1.54) is 0 Å². The largest absolute Gasteiger partial charge is 0.330 e. The number of tetrazole rings is 1. The molecule has 15 heavy (non-hydrogen) atoms. The summed E-state index contributed by atoms with van der Waals surface area (Å²) in [5, 5.41) is 12.1. The normalized spacial score (nSPS) is 10.5. The molecule has 0 saturated carbocycles. The molecule has 0 unspecified atom stereocenters. The quantitative estimate of drug-likeness (QED) is 0.836. The molecule has 5 nitrogen and oxygen atoms in total. The van der Waals surface area contributed by atoms with Gasteiger partial charge in [0.05, 0.1) is 5.69 Å². The van der Waals surface area contributed by atoms with Gasteiger partial charge in [0.25, 0.3) is 0 Å². The maximum Gasteiger partial charge on any atom is 0.157 e. The molecule has 0 atom stereocenters. The summed E-state index contributed by atoms with van der Waals surface area (Å²) in [7, 11) is 0. The minimum absolute atomic E-state index is 0.522. The van der Waals surface area contributed by atoms with E-state index in [1.54, 1.807) is 16.8 Å². The molecular formula is C9H10ClN5. The molecule has 1 aromatic heterocycles. The molecule has 0 radical (unpaired) electrons. The van der Waals surface area contributed by atoms with Crippen molar-refractivity contribution in [2.45, 2.75) is 6.42 Å². The standard InChI is InChI=1S/C9H10ClN5/c10-7-1-3-8(4-2-7)15-9(5-6-11)12-13-14-15/h1-4H,5-6,11H2. The van der Waals surface area contributed by atoms with E-state index in [4.69, 9.17) is 17.3 Å². The molecule has 0 aliphatic rings. The van der Waals surface area contributed by atoms with Gasteiger partial charge < -0.3 is 5.73 Å². The second kappa shape index (κ2) is 4.37. The Hall–Kier alpha value is -1.46. The first-order valence-corrected chi connectivity index (χ1v) is 4.92. The van der Waals surface area contributed by atoms with Crippen LogP contribution in [0, 0.1) is 0 Å². The Bertz CT molecular complexity index is 436. The number of rotatable bonds is 3. The summed E-state index contributed by atoms with van der Waals surface area (Å²) in [6.45, 7) is 0.522. The summed E-state index contributed by atoms with van der Waals surface area (Å²) in [5.41, 5.74) is 6.34. The third-order valence-electron chi connectivity index (χ3n) is 1.97. The molecule has 0 spiro atoms. The lowest BCUT2D eigenvalue weighted by Crippen LogP contribution is -2.09. The van der Waals surface area contributed by atoms with Crippen molar-refractivity contribution >= 4 is 11.6 Å². The molecule has 1 aromatic carbocycles. The zero-order valence-corrected chi connectivity index (χ0v) is 8.72. The van der Waals surface area contributed by atoms with E-state index in [9.17, 15) is 0 Å². The highest BCUT2D eigenvalue weighted by atomic mass is 35.5. The predicted octanol–water partition coefficient (Wildman–Crippen LogP) is 0.817. The van der Waals surface area contributed by atoms with Gasteiger partial charge in [0.15, 0.2) is 5.82 Å². The number of hydrogen-bond donors (Lipinski definition) is 1. The van der Waals surface area contributed by atoms with Crippen LogP contribution in [0.15, 0.2) is 24.3 Å². The van der Waals surface area contributed by atoms with Crippen molar-refractivity contribution < 1.29 is 0 Å². The third kappa shape index (κ3) is 2.14.